The van der Waals surface area contributed by atoms with E-state index in [2.05, 4.69) is 4.98 Å². The molecule has 0 aliphatic carbocycles. The summed E-state index contributed by atoms with van der Waals surface area (Å²) in [6.07, 6.45) is 1.65. The van der Waals surface area contributed by atoms with Crippen LogP contribution in [0.25, 0.3) is 5.65 Å². The number of imidazole rings is 1. The van der Waals surface area contributed by atoms with Gasteiger partial charge in [-0.15, -0.1) is 0 Å². The quantitative estimate of drug-likeness (QED) is 0.703. The number of hydrogen-bond acceptors (Lipinski definition) is 2. The Bertz CT molecular complexity index is 859. The lowest BCUT2D eigenvalue weighted by molar-refractivity contribution is 0.0987. The molecule has 3 aromatic rings. The summed E-state index contributed by atoms with van der Waals surface area (Å²) >= 11 is 12.2. The predicted octanol–water partition coefficient (Wildman–Crippen LogP) is 4.23. The molecule has 1 amide bonds. The van der Waals surface area contributed by atoms with Gasteiger partial charge >= 0.3 is 0 Å². The predicted molar refractivity (Wildman–Crippen MR) is 89.1 cm³/mol. The van der Waals surface area contributed by atoms with Crippen LogP contribution < -0.4 is 4.90 Å². The minimum atomic E-state index is -0.172. The highest BCUT2D eigenvalue weighted by Gasteiger charge is 2.22. The van der Waals surface area contributed by atoms with Gasteiger partial charge in [-0.1, -0.05) is 41.4 Å². The van der Waals surface area contributed by atoms with Gasteiger partial charge in [-0.05, 0) is 25.1 Å². The van der Waals surface area contributed by atoms with Crippen molar-refractivity contribution in [2.45, 2.75) is 6.92 Å². The molecule has 0 bridgehead atoms. The van der Waals surface area contributed by atoms with Gasteiger partial charge in [0.25, 0.3) is 5.91 Å². The van der Waals surface area contributed by atoms with E-state index in [1.54, 1.807) is 35.5 Å². The highest BCUT2D eigenvalue weighted by Crippen LogP contribution is 2.25. The Balaban J connectivity index is 2.14. The van der Waals surface area contributed by atoms with E-state index in [1.807, 2.05) is 30.3 Å². The molecule has 0 fully saturated rings. The standard InChI is InChI=1S/C16H13Cl2N3O/c1-10-14(16(22)20(2)12-6-4-3-5-7-12)21-9-11(17)8-13(18)15(21)19-10/h3-9H,1-2H3. The summed E-state index contributed by atoms with van der Waals surface area (Å²) < 4.78 is 1.64. The normalized spacial score (nSPS) is 10.9. The van der Waals surface area contributed by atoms with Crippen molar-refractivity contribution >= 4 is 40.4 Å². The third kappa shape index (κ3) is 2.45. The molecule has 0 spiro atoms. The highest BCUT2D eigenvalue weighted by molar-refractivity contribution is 6.36. The molecule has 0 saturated carbocycles. The first kappa shape index (κ1) is 14.9. The summed E-state index contributed by atoms with van der Waals surface area (Å²) in [5.41, 5.74) is 2.38. The first-order valence-electron chi connectivity index (χ1n) is 6.66. The number of aryl methyl sites for hydroxylation is 1. The number of rotatable bonds is 2. The maximum absolute atomic E-state index is 12.8. The molecular weight excluding hydrogens is 321 g/mol. The SMILES string of the molecule is Cc1nc2c(Cl)cc(Cl)cn2c1C(=O)N(C)c1ccccc1. The molecule has 1 aromatic carbocycles. The van der Waals surface area contributed by atoms with Gasteiger partial charge in [0.15, 0.2) is 5.65 Å². The van der Waals surface area contributed by atoms with Crippen molar-refractivity contribution in [1.29, 1.82) is 0 Å². The van der Waals surface area contributed by atoms with E-state index in [0.717, 1.165) is 5.69 Å². The van der Waals surface area contributed by atoms with Crippen LogP contribution in [-0.4, -0.2) is 22.3 Å². The van der Waals surface area contributed by atoms with Gasteiger partial charge in [-0.3, -0.25) is 9.20 Å². The largest absolute Gasteiger partial charge is 0.310 e. The number of fused-ring (bicyclic) bond motifs is 1. The van der Waals surface area contributed by atoms with Crippen LogP contribution in [0.1, 0.15) is 16.2 Å². The second-order valence-electron chi connectivity index (χ2n) is 4.95. The third-order valence-electron chi connectivity index (χ3n) is 3.47. The van der Waals surface area contributed by atoms with Crippen LogP contribution in [0.15, 0.2) is 42.6 Å². The molecule has 0 atom stereocenters. The van der Waals surface area contributed by atoms with Crippen LogP contribution in [0.3, 0.4) is 0 Å². The average Bonchev–Trinajstić information content (AvgIpc) is 2.83. The summed E-state index contributed by atoms with van der Waals surface area (Å²) in [4.78, 5) is 18.8. The van der Waals surface area contributed by atoms with Gasteiger partial charge in [0.05, 0.1) is 15.7 Å². The molecular formula is C16H13Cl2N3O. The van der Waals surface area contributed by atoms with Crippen molar-refractivity contribution in [3.8, 4) is 0 Å². The number of carbonyl (C=O) groups excluding carboxylic acids is 1. The summed E-state index contributed by atoms with van der Waals surface area (Å²) in [6, 6.07) is 11.0. The van der Waals surface area contributed by atoms with Crippen LogP contribution in [-0.2, 0) is 0 Å². The van der Waals surface area contributed by atoms with Crippen molar-refractivity contribution in [3.63, 3.8) is 0 Å². The van der Waals surface area contributed by atoms with E-state index in [0.29, 0.717) is 27.1 Å². The number of benzene rings is 1. The number of halogens is 2. The smallest absolute Gasteiger partial charge is 0.276 e. The molecule has 0 aliphatic heterocycles. The average molecular weight is 334 g/mol. The minimum Gasteiger partial charge on any atom is -0.310 e. The Morgan fingerprint density at radius 1 is 1.23 bits per heavy atom. The number of pyridine rings is 1. The lowest BCUT2D eigenvalue weighted by Gasteiger charge is -2.17. The van der Waals surface area contributed by atoms with E-state index in [9.17, 15) is 4.79 Å². The molecule has 0 saturated heterocycles. The van der Waals surface area contributed by atoms with Crippen molar-refractivity contribution in [2.24, 2.45) is 0 Å². The van der Waals surface area contributed by atoms with Crippen LogP contribution in [0, 0.1) is 6.92 Å². The number of aromatic nitrogens is 2. The Kier molecular flexibility index (Phi) is 3.81. The Morgan fingerprint density at radius 3 is 2.59 bits per heavy atom. The van der Waals surface area contributed by atoms with Crippen molar-refractivity contribution in [1.82, 2.24) is 9.38 Å². The van der Waals surface area contributed by atoms with E-state index in [1.165, 1.54) is 0 Å². The number of amides is 1. The summed E-state index contributed by atoms with van der Waals surface area (Å²) in [6.45, 7) is 1.78. The fraction of sp³-hybridized carbons (Fsp3) is 0.125. The van der Waals surface area contributed by atoms with Gasteiger partial charge in [-0.25, -0.2) is 4.98 Å². The van der Waals surface area contributed by atoms with E-state index < -0.39 is 0 Å². The zero-order valence-corrected chi connectivity index (χ0v) is 13.6. The summed E-state index contributed by atoms with van der Waals surface area (Å²) in [5.74, 6) is -0.172. The van der Waals surface area contributed by atoms with E-state index >= 15 is 0 Å². The van der Waals surface area contributed by atoms with Crippen LogP contribution in [0.4, 0.5) is 5.69 Å². The Hall–Kier alpha value is -2.04. The monoisotopic (exact) mass is 333 g/mol. The maximum atomic E-state index is 12.8. The topological polar surface area (TPSA) is 37.6 Å². The number of nitrogens with zero attached hydrogens (tertiary/aromatic N) is 3. The minimum absolute atomic E-state index is 0.172. The molecule has 22 heavy (non-hydrogen) atoms. The molecule has 0 aliphatic rings. The van der Waals surface area contributed by atoms with Gasteiger partial charge < -0.3 is 4.90 Å². The molecule has 0 N–H and O–H groups in total. The van der Waals surface area contributed by atoms with E-state index in [-0.39, 0.29) is 5.91 Å². The zero-order chi connectivity index (χ0) is 15.9. The highest BCUT2D eigenvalue weighted by atomic mass is 35.5. The Morgan fingerprint density at radius 2 is 1.91 bits per heavy atom. The summed E-state index contributed by atoms with van der Waals surface area (Å²) in [7, 11) is 1.72. The number of carbonyl (C=O) groups is 1. The van der Waals surface area contributed by atoms with Gasteiger partial charge in [0.2, 0.25) is 0 Å². The fourth-order valence-corrected chi connectivity index (χ4v) is 2.89. The van der Waals surface area contributed by atoms with Crippen molar-refractivity contribution in [2.75, 3.05) is 11.9 Å². The van der Waals surface area contributed by atoms with Crippen LogP contribution in [0.5, 0.6) is 0 Å². The van der Waals surface area contributed by atoms with Gasteiger partial charge in [-0.2, -0.15) is 0 Å². The van der Waals surface area contributed by atoms with E-state index in [4.69, 9.17) is 23.2 Å². The molecule has 3 rings (SSSR count). The molecule has 0 radical (unpaired) electrons. The number of anilines is 1. The molecule has 4 nitrogen and oxygen atoms in total. The lowest BCUT2D eigenvalue weighted by atomic mass is 10.2. The molecule has 112 valence electrons. The Labute approximate surface area is 137 Å². The van der Waals surface area contributed by atoms with Gasteiger partial charge in [0.1, 0.15) is 5.69 Å². The summed E-state index contributed by atoms with van der Waals surface area (Å²) in [5, 5.41) is 0.864. The molecule has 2 heterocycles. The fourth-order valence-electron chi connectivity index (χ4n) is 2.37. The molecule has 2 aromatic heterocycles. The third-order valence-corrected chi connectivity index (χ3v) is 3.95. The maximum Gasteiger partial charge on any atom is 0.276 e. The number of para-hydroxylation sites is 1. The second kappa shape index (κ2) is 5.63. The molecule has 6 heteroatoms. The zero-order valence-electron chi connectivity index (χ0n) is 12.0. The van der Waals surface area contributed by atoms with Crippen molar-refractivity contribution in [3.05, 3.63) is 64.0 Å². The first-order chi connectivity index (χ1) is 10.5. The van der Waals surface area contributed by atoms with Crippen LogP contribution in [0.2, 0.25) is 10.0 Å². The van der Waals surface area contributed by atoms with Crippen molar-refractivity contribution < 1.29 is 4.79 Å². The van der Waals surface area contributed by atoms with Crippen LogP contribution >= 0.6 is 23.2 Å². The lowest BCUT2D eigenvalue weighted by Crippen LogP contribution is -2.28. The first-order valence-corrected chi connectivity index (χ1v) is 7.41. The van der Waals surface area contributed by atoms with Gasteiger partial charge in [0, 0.05) is 18.9 Å². The second-order valence-corrected chi connectivity index (χ2v) is 5.79. The number of hydrogen-bond donors (Lipinski definition) is 0. The molecule has 0 unspecified atom stereocenters.